The van der Waals surface area contributed by atoms with E-state index in [0.717, 1.165) is 70.3 Å². The van der Waals surface area contributed by atoms with Crippen molar-refractivity contribution in [2.24, 2.45) is 28.7 Å². The van der Waals surface area contributed by atoms with Crippen LogP contribution in [-0.4, -0.2) is 76.4 Å². The maximum absolute atomic E-state index is 13.3. The van der Waals surface area contributed by atoms with Gasteiger partial charge < -0.3 is 31.3 Å². The van der Waals surface area contributed by atoms with Crippen molar-refractivity contribution in [3.8, 4) is 0 Å². The molecule has 3 aliphatic heterocycles. The topological polar surface area (TPSA) is 98.8 Å². The van der Waals surface area contributed by atoms with Gasteiger partial charge in [0.05, 0.1) is 12.6 Å². The standard InChI is InChI=1S/C24H44N6O2/c1-16-9-18(3-5-25-16)19-10-17(14-30-24-27-7-8-28-24)11-20(12-19)23(31)29-15-21-13-22(32-2)4-6-26-21/h16-22,25-26H,3-15H2,1-2H3,(H,29,31)(H2,27,28,30). The molecule has 3 fully saturated rings. The first-order valence-corrected chi connectivity index (χ1v) is 12.9. The number of guanidine groups is 1. The molecule has 0 aromatic carbocycles. The molecule has 0 spiro atoms. The fourth-order valence-electron chi connectivity index (χ4n) is 6.31. The van der Waals surface area contributed by atoms with Gasteiger partial charge in [0.1, 0.15) is 0 Å². The number of piperidine rings is 2. The first kappa shape index (κ1) is 23.8. The van der Waals surface area contributed by atoms with E-state index >= 15 is 0 Å². The lowest BCUT2D eigenvalue weighted by atomic mass is 9.67. The highest BCUT2D eigenvalue weighted by Gasteiger charge is 2.38. The van der Waals surface area contributed by atoms with Crippen LogP contribution in [0.1, 0.15) is 51.9 Å². The molecule has 3 heterocycles. The number of carbonyl (C=O) groups excluding carboxylic acids is 1. The summed E-state index contributed by atoms with van der Waals surface area (Å²) in [6, 6.07) is 0.897. The molecule has 1 amide bonds. The van der Waals surface area contributed by atoms with Crippen LogP contribution in [-0.2, 0) is 9.53 Å². The molecule has 2 saturated heterocycles. The van der Waals surface area contributed by atoms with Crippen LogP contribution in [0.3, 0.4) is 0 Å². The van der Waals surface area contributed by atoms with E-state index in [9.17, 15) is 4.79 Å². The summed E-state index contributed by atoms with van der Waals surface area (Å²) >= 11 is 0. The van der Waals surface area contributed by atoms with Crippen LogP contribution >= 0.6 is 0 Å². The van der Waals surface area contributed by atoms with E-state index in [-0.39, 0.29) is 11.8 Å². The SMILES string of the molecule is COC1CCNC(CNC(=O)C2CC(CNC3=NCCN3)CC(C3CCNC(C)C3)C2)C1. The Bertz CT molecular complexity index is 644. The normalized spacial score (nSPS) is 37.9. The van der Waals surface area contributed by atoms with Crippen LogP contribution in [0.25, 0.3) is 0 Å². The average molecular weight is 449 g/mol. The molecule has 8 nitrogen and oxygen atoms in total. The second-order valence-electron chi connectivity index (χ2n) is 10.5. The largest absolute Gasteiger partial charge is 0.381 e. The number of carbonyl (C=O) groups is 1. The molecule has 0 aromatic heterocycles. The maximum atomic E-state index is 13.3. The minimum Gasteiger partial charge on any atom is -0.381 e. The van der Waals surface area contributed by atoms with Gasteiger partial charge in [0.2, 0.25) is 5.91 Å². The third-order valence-corrected chi connectivity index (χ3v) is 8.08. The van der Waals surface area contributed by atoms with Crippen molar-refractivity contribution in [3.63, 3.8) is 0 Å². The predicted octanol–water partition coefficient (Wildman–Crippen LogP) is 0.839. The van der Waals surface area contributed by atoms with Gasteiger partial charge in [0.15, 0.2) is 5.96 Å². The quantitative estimate of drug-likeness (QED) is 0.396. The number of hydrogen-bond donors (Lipinski definition) is 5. The van der Waals surface area contributed by atoms with E-state index in [1.807, 2.05) is 0 Å². The summed E-state index contributed by atoms with van der Waals surface area (Å²) < 4.78 is 5.54. The third-order valence-electron chi connectivity index (χ3n) is 8.08. The number of nitrogens with zero attached hydrogens (tertiary/aromatic N) is 1. The first-order chi connectivity index (χ1) is 15.6. The Kier molecular flexibility index (Phi) is 8.66. The van der Waals surface area contributed by atoms with Crippen LogP contribution in [0, 0.1) is 23.7 Å². The highest BCUT2D eigenvalue weighted by Crippen LogP contribution is 2.41. The van der Waals surface area contributed by atoms with Gasteiger partial charge in [-0.05, 0) is 82.7 Å². The summed E-state index contributed by atoms with van der Waals surface area (Å²) in [5, 5.41) is 17.2. The van der Waals surface area contributed by atoms with Gasteiger partial charge in [-0.15, -0.1) is 0 Å². The van der Waals surface area contributed by atoms with E-state index in [4.69, 9.17) is 4.74 Å². The fraction of sp³-hybridized carbons (Fsp3) is 0.917. The number of nitrogens with one attached hydrogen (secondary N) is 5. The predicted molar refractivity (Wildman–Crippen MR) is 128 cm³/mol. The Labute approximate surface area is 193 Å². The van der Waals surface area contributed by atoms with Crippen LogP contribution in [0.5, 0.6) is 0 Å². The van der Waals surface area contributed by atoms with E-state index in [2.05, 4.69) is 38.5 Å². The smallest absolute Gasteiger partial charge is 0.223 e. The molecule has 0 aromatic rings. The lowest BCUT2D eigenvalue weighted by Gasteiger charge is -2.41. The summed E-state index contributed by atoms with van der Waals surface area (Å²) in [6.07, 6.45) is 8.04. The van der Waals surface area contributed by atoms with Gasteiger partial charge in [0, 0.05) is 44.7 Å². The molecule has 5 N–H and O–H groups in total. The number of rotatable bonds is 7. The second kappa shape index (κ2) is 11.7. The molecule has 1 saturated carbocycles. The van der Waals surface area contributed by atoms with Crippen molar-refractivity contribution >= 4 is 11.9 Å². The zero-order chi connectivity index (χ0) is 22.3. The maximum Gasteiger partial charge on any atom is 0.223 e. The summed E-state index contributed by atoms with van der Waals surface area (Å²) in [4.78, 5) is 17.7. The van der Waals surface area contributed by atoms with Gasteiger partial charge in [-0.3, -0.25) is 9.79 Å². The molecule has 1 aliphatic carbocycles. The Hall–Kier alpha value is -1.38. The average Bonchev–Trinajstić information content (AvgIpc) is 3.35. The summed E-state index contributed by atoms with van der Waals surface area (Å²) in [5.41, 5.74) is 0. The molecular formula is C24H44N6O2. The summed E-state index contributed by atoms with van der Waals surface area (Å²) in [7, 11) is 1.79. The van der Waals surface area contributed by atoms with Crippen LogP contribution in [0.4, 0.5) is 0 Å². The van der Waals surface area contributed by atoms with E-state index in [1.54, 1.807) is 7.11 Å². The van der Waals surface area contributed by atoms with E-state index < -0.39 is 0 Å². The third kappa shape index (κ3) is 6.58. The van der Waals surface area contributed by atoms with Crippen LogP contribution < -0.4 is 26.6 Å². The Balaban J connectivity index is 1.33. The minimum absolute atomic E-state index is 0.117. The summed E-state index contributed by atoms with van der Waals surface area (Å²) in [5.74, 6) is 3.18. The zero-order valence-corrected chi connectivity index (χ0v) is 20.0. The number of hydrogen-bond acceptors (Lipinski definition) is 7. The molecule has 32 heavy (non-hydrogen) atoms. The van der Waals surface area contributed by atoms with Crippen molar-refractivity contribution in [3.05, 3.63) is 0 Å². The Morgan fingerprint density at radius 1 is 1.03 bits per heavy atom. The van der Waals surface area contributed by atoms with Gasteiger partial charge in [-0.2, -0.15) is 0 Å². The molecule has 4 rings (SSSR count). The molecule has 7 unspecified atom stereocenters. The number of methoxy groups -OCH3 is 1. The molecule has 4 aliphatic rings. The van der Waals surface area contributed by atoms with Crippen molar-refractivity contribution in [2.75, 3.05) is 46.4 Å². The summed E-state index contributed by atoms with van der Waals surface area (Å²) in [6.45, 7) is 7.76. The lowest BCUT2D eigenvalue weighted by Crippen LogP contribution is -2.49. The van der Waals surface area contributed by atoms with E-state index in [0.29, 0.717) is 36.6 Å². The van der Waals surface area contributed by atoms with Crippen molar-refractivity contribution in [1.29, 1.82) is 0 Å². The Morgan fingerprint density at radius 3 is 2.69 bits per heavy atom. The zero-order valence-electron chi connectivity index (χ0n) is 20.0. The van der Waals surface area contributed by atoms with Crippen molar-refractivity contribution in [2.45, 2.75) is 70.1 Å². The Morgan fingerprint density at radius 2 is 1.91 bits per heavy atom. The molecular weight excluding hydrogens is 404 g/mol. The molecule has 0 bridgehead atoms. The molecule has 182 valence electrons. The first-order valence-electron chi connectivity index (χ1n) is 12.9. The molecule has 7 atom stereocenters. The van der Waals surface area contributed by atoms with E-state index in [1.165, 1.54) is 19.3 Å². The number of ether oxygens (including phenoxy) is 1. The number of amides is 1. The van der Waals surface area contributed by atoms with Gasteiger partial charge in [-0.25, -0.2) is 0 Å². The van der Waals surface area contributed by atoms with Gasteiger partial charge in [0.25, 0.3) is 0 Å². The van der Waals surface area contributed by atoms with Gasteiger partial charge >= 0.3 is 0 Å². The fourth-order valence-corrected chi connectivity index (χ4v) is 6.31. The van der Waals surface area contributed by atoms with Crippen molar-refractivity contribution in [1.82, 2.24) is 26.6 Å². The second-order valence-corrected chi connectivity index (χ2v) is 10.5. The number of aliphatic imine (C=N–C) groups is 1. The van der Waals surface area contributed by atoms with Crippen LogP contribution in [0.2, 0.25) is 0 Å². The molecule has 8 heteroatoms. The van der Waals surface area contributed by atoms with Crippen LogP contribution in [0.15, 0.2) is 4.99 Å². The highest BCUT2D eigenvalue weighted by molar-refractivity contribution is 5.81. The minimum atomic E-state index is 0.117. The highest BCUT2D eigenvalue weighted by atomic mass is 16.5. The van der Waals surface area contributed by atoms with Crippen molar-refractivity contribution < 1.29 is 9.53 Å². The monoisotopic (exact) mass is 448 g/mol. The van der Waals surface area contributed by atoms with Gasteiger partial charge in [-0.1, -0.05) is 0 Å². The lowest BCUT2D eigenvalue weighted by molar-refractivity contribution is -0.127. The molecule has 0 radical (unpaired) electrons.